The molecule has 2 aromatic rings. The average Bonchev–Trinajstić information content (AvgIpc) is 2.47. The minimum Gasteiger partial charge on any atom is -0.409 e. The van der Waals surface area contributed by atoms with Crippen LogP contribution in [0.2, 0.25) is 0 Å². The lowest BCUT2D eigenvalue weighted by molar-refractivity contribution is 0.318. The number of nitrogens with two attached hydrogens (primary N) is 1. The summed E-state index contributed by atoms with van der Waals surface area (Å²) in [5, 5.41) is 11.4. The molecule has 0 aliphatic heterocycles. The van der Waals surface area contributed by atoms with E-state index >= 15 is 0 Å². The molecule has 0 spiro atoms. The fourth-order valence-corrected chi connectivity index (χ4v) is 1.85. The van der Waals surface area contributed by atoms with Crippen molar-refractivity contribution in [1.29, 1.82) is 0 Å². The maximum atomic E-state index is 14.0. The summed E-state index contributed by atoms with van der Waals surface area (Å²) in [4.78, 5) is 5.94. The van der Waals surface area contributed by atoms with Crippen LogP contribution >= 0.6 is 0 Å². The van der Waals surface area contributed by atoms with Crippen LogP contribution in [0.1, 0.15) is 11.3 Å². The lowest BCUT2D eigenvalue weighted by Crippen LogP contribution is -2.19. The first-order valence-corrected chi connectivity index (χ1v) is 6.00. The van der Waals surface area contributed by atoms with Gasteiger partial charge in [-0.1, -0.05) is 11.2 Å². The highest BCUT2D eigenvalue weighted by Crippen LogP contribution is 2.20. The van der Waals surface area contributed by atoms with Crippen LogP contribution in [0.5, 0.6) is 0 Å². The average molecular weight is 274 g/mol. The van der Waals surface area contributed by atoms with E-state index in [1.165, 1.54) is 6.07 Å². The fourth-order valence-electron chi connectivity index (χ4n) is 1.85. The van der Waals surface area contributed by atoms with E-state index in [-0.39, 0.29) is 5.84 Å². The van der Waals surface area contributed by atoms with Crippen LogP contribution in [0.15, 0.2) is 47.8 Å². The number of amidine groups is 1. The molecule has 0 amide bonds. The van der Waals surface area contributed by atoms with Crippen molar-refractivity contribution in [3.63, 3.8) is 0 Å². The van der Waals surface area contributed by atoms with Crippen LogP contribution < -0.4 is 10.6 Å². The van der Waals surface area contributed by atoms with E-state index < -0.39 is 5.82 Å². The van der Waals surface area contributed by atoms with Crippen LogP contribution in [0, 0.1) is 5.82 Å². The molecule has 3 N–H and O–H groups in total. The zero-order valence-corrected chi connectivity index (χ0v) is 11.0. The van der Waals surface area contributed by atoms with Gasteiger partial charge in [-0.2, -0.15) is 0 Å². The number of halogens is 1. The van der Waals surface area contributed by atoms with Crippen molar-refractivity contribution in [2.24, 2.45) is 10.9 Å². The molecule has 1 aromatic heterocycles. The first-order valence-electron chi connectivity index (χ1n) is 6.00. The van der Waals surface area contributed by atoms with Gasteiger partial charge >= 0.3 is 0 Å². The highest BCUT2D eigenvalue weighted by atomic mass is 19.1. The first-order chi connectivity index (χ1) is 9.61. The van der Waals surface area contributed by atoms with Gasteiger partial charge in [-0.3, -0.25) is 4.98 Å². The number of pyridine rings is 1. The SMILES string of the molecule is CN(Cc1ccccn1)c1ccc(/C(N)=N/O)cc1F. The summed E-state index contributed by atoms with van der Waals surface area (Å²) in [5.41, 5.74) is 7.02. The zero-order chi connectivity index (χ0) is 14.5. The summed E-state index contributed by atoms with van der Waals surface area (Å²) in [6.07, 6.45) is 1.70. The maximum Gasteiger partial charge on any atom is 0.170 e. The van der Waals surface area contributed by atoms with Gasteiger partial charge in [-0.15, -0.1) is 0 Å². The van der Waals surface area contributed by atoms with Gasteiger partial charge in [0.05, 0.1) is 17.9 Å². The Morgan fingerprint density at radius 3 is 2.80 bits per heavy atom. The number of rotatable bonds is 4. The Kier molecular flexibility index (Phi) is 4.14. The Morgan fingerprint density at radius 2 is 2.20 bits per heavy atom. The molecule has 0 fully saturated rings. The van der Waals surface area contributed by atoms with Crippen LogP contribution in [-0.4, -0.2) is 23.1 Å². The highest BCUT2D eigenvalue weighted by molar-refractivity contribution is 5.97. The van der Waals surface area contributed by atoms with Gasteiger partial charge in [0.25, 0.3) is 0 Å². The van der Waals surface area contributed by atoms with Gasteiger partial charge in [0, 0.05) is 18.8 Å². The molecule has 6 heteroatoms. The maximum absolute atomic E-state index is 14.0. The molecule has 104 valence electrons. The van der Waals surface area contributed by atoms with E-state index in [0.29, 0.717) is 17.8 Å². The van der Waals surface area contributed by atoms with Crippen molar-refractivity contribution < 1.29 is 9.60 Å². The third kappa shape index (κ3) is 3.03. The van der Waals surface area contributed by atoms with E-state index in [4.69, 9.17) is 10.9 Å². The van der Waals surface area contributed by atoms with Crippen molar-refractivity contribution in [2.75, 3.05) is 11.9 Å². The Morgan fingerprint density at radius 1 is 1.40 bits per heavy atom. The topological polar surface area (TPSA) is 74.7 Å². The van der Waals surface area contributed by atoms with Gasteiger partial charge < -0.3 is 15.8 Å². The monoisotopic (exact) mass is 274 g/mol. The Labute approximate surface area is 116 Å². The van der Waals surface area contributed by atoms with E-state index in [1.807, 2.05) is 18.2 Å². The molecule has 0 radical (unpaired) electrons. The molecule has 20 heavy (non-hydrogen) atoms. The van der Waals surface area contributed by atoms with Crippen LogP contribution in [-0.2, 0) is 6.54 Å². The number of nitrogens with zero attached hydrogens (tertiary/aromatic N) is 3. The summed E-state index contributed by atoms with van der Waals surface area (Å²) in [6, 6.07) is 10.0. The second kappa shape index (κ2) is 6.01. The Balaban J connectivity index is 2.20. The number of hydrogen-bond acceptors (Lipinski definition) is 4. The van der Waals surface area contributed by atoms with Gasteiger partial charge in [-0.25, -0.2) is 4.39 Å². The summed E-state index contributed by atoms with van der Waals surface area (Å²) in [7, 11) is 1.77. The van der Waals surface area contributed by atoms with Crippen molar-refractivity contribution in [1.82, 2.24) is 4.98 Å². The number of benzene rings is 1. The summed E-state index contributed by atoms with van der Waals surface area (Å²) >= 11 is 0. The predicted molar refractivity (Wildman–Crippen MR) is 75.3 cm³/mol. The van der Waals surface area contributed by atoms with Gasteiger partial charge in [-0.05, 0) is 30.3 Å². The number of aromatic nitrogens is 1. The molecule has 0 atom stereocenters. The minimum absolute atomic E-state index is 0.122. The van der Waals surface area contributed by atoms with Crippen molar-refractivity contribution >= 4 is 11.5 Å². The smallest absolute Gasteiger partial charge is 0.170 e. The second-order valence-corrected chi connectivity index (χ2v) is 4.33. The molecule has 0 unspecified atom stereocenters. The van der Waals surface area contributed by atoms with E-state index in [2.05, 4.69) is 10.1 Å². The summed E-state index contributed by atoms with van der Waals surface area (Å²) in [5.74, 6) is -0.560. The molecule has 0 aliphatic rings. The molecular formula is C14H15FN4O. The molecule has 0 saturated carbocycles. The minimum atomic E-state index is -0.437. The third-order valence-corrected chi connectivity index (χ3v) is 2.89. The lowest BCUT2D eigenvalue weighted by atomic mass is 10.1. The van der Waals surface area contributed by atoms with E-state index in [1.54, 1.807) is 30.3 Å². The van der Waals surface area contributed by atoms with Crippen LogP contribution in [0.4, 0.5) is 10.1 Å². The van der Waals surface area contributed by atoms with Gasteiger partial charge in [0.15, 0.2) is 5.84 Å². The van der Waals surface area contributed by atoms with Crippen molar-refractivity contribution in [2.45, 2.75) is 6.54 Å². The fraction of sp³-hybridized carbons (Fsp3) is 0.143. The Hall–Kier alpha value is -2.63. The van der Waals surface area contributed by atoms with Gasteiger partial charge in [0.2, 0.25) is 0 Å². The van der Waals surface area contributed by atoms with Crippen molar-refractivity contribution in [3.8, 4) is 0 Å². The largest absolute Gasteiger partial charge is 0.409 e. The predicted octanol–water partition coefficient (Wildman–Crippen LogP) is 1.95. The molecule has 5 nitrogen and oxygen atoms in total. The lowest BCUT2D eigenvalue weighted by Gasteiger charge is -2.19. The van der Waals surface area contributed by atoms with Crippen LogP contribution in [0.3, 0.4) is 0 Å². The van der Waals surface area contributed by atoms with Gasteiger partial charge in [0.1, 0.15) is 5.82 Å². The molecule has 1 heterocycles. The highest BCUT2D eigenvalue weighted by Gasteiger charge is 2.11. The van der Waals surface area contributed by atoms with Crippen molar-refractivity contribution in [3.05, 3.63) is 59.7 Å². The molecule has 0 saturated heterocycles. The molecule has 1 aromatic carbocycles. The normalized spacial score (nSPS) is 11.4. The summed E-state index contributed by atoms with van der Waals surface area (Å²) in [6.45, 7) is 0.487. The molecule has 0 aliphatic carbocycles. The Bertz CT molecular complexity index is 616. The zero-order valence-electron chi connectivity index (χ0n) is 11.0. The van der Waals surface area contributed by atoms with E-state index in [0.717, 1.165) is 5.69 Å². The number of anilines is 1. The second-order valence-electron chi connectivity index (χ2n) is 4.33. The first kappa shape index (κ1) is 13.8. The molecular weight excluding hydrogens is 259 g/mol. The standard InChI is InChI=1S/C14H15FN4O/c1-19(9-11-4-2-3-7-17-11)13-6-5-10(8-12(13)15)14(16)18-20/h2-8,20H,9H2,1H3,(H2,16,18). The van der Waals surface area contributed by atoms with Crippen LogP contribution in [0.25, 0.3) is 0 Å². The third-order valence-electron chi connectivity index (χ3n) is 2.89. The van der Waals surface area contributed by atoms with E-state index in [9.17, 15) is 4.39 Å². The molecule has 0 bridgehead atoms. The molecule has 2 rings (SSSR count). The number of oxime groups is 1. The number of hydrogen-bond donors (Lipinski definition) is 2. The summed E-state index contributed by atoms with van der Waals surface area (Å²) < 4.78 is 14.0. The quantitative estimate of drug-likeness (QED) is 0.387.